The van der Waals surface area contributed by atoms with Gasteiger partial charge < -0.3 is 14.8 Å². The number of methoxy groups -OCH3 is 1. The van der Waals surface area contributed by atoms with Gasteiger partial charge in [0.2, 0.25) is 4.77 Å². The molecule has 0 spiro atoms. The van der Waals surface area contributed by atoms with Crippen LogP contribution in [0, 0.1) is 18.6 Å². The van der Waals surface area contributed by atoms with E-state index in [9.17, 15) is 9.59 Å². The quantitative estimate of drug-likeness (QED) is 0.433. The summed E-state index contributed by atoms with van der Waals surface area (Å²) in [6, 6.07) is 12.5. The Kier molecular flexibility index (Phi) is 6.93. The van der Waals surface area contributed by atoms with Crippen LogP contribution >= 0.6 is 12.2 Å². The van der Waals surface area contributed by atoms with Gasteiger partial charge >= 0.3 is 0 Å². The second-order valence-electron chi connectivity index (χ2n) is 6.59. The van der Waals surface area contributed by atoms with Gasteiger partial charge in [-0.2, -0.15) is 14.9 Å². The van der Waals surface area contributed by atoms with Crippen LogP contribution in [-0.2, 0) is 4.79 Å². The number of H-pyrrole nitrogens is 1. The maximum atomic E-state index is 12.1. The molecule has 0 aliphatic rings. The molecule has 9 nitrogen and oxygen atoms in total. The summed E-state index contributed by atoms with van der Waals surface area (Å²) in [4.78, 5) is 24.2. The van der Waals surface area contributed by atoms with Gasteiger partial charge in [0, 0.05) is 5.69 Å². The lowest BCUT2D eigenvalue weighted by atomic mass is 10.2. The van der Waals surface area contributed by atoms with Crippen LogP contribution in [0.1, 0.15) is 16.8 Å². The Bertz CT molecular complexity index is 1230. The van der Waals surface area contributed by atoms with Crippen molar-refractivity contribution >= 4 is 30.0 Å². The zero-order valence-corrected chi connectivity index (χ0v) is 18.0. The van der Waals surface area contributed by atoms with E-state index in [1.54, 1.807) is 25.1 Å². The summed E-state index contributed by atoms with van der Waals surface area (Å²) in [5.41, 5.74) is 2.28. The van der Waals surface area contributed by atoms with Crippen LogP contribution in [0.25, 0.3) is 0 Å². The molecule has 0 unspecified atom stereocenters. The van der Waals surface area contributed by atoms with Crippen LogP contribution in [0.2, 0.25) is 0 Å². The van der Waals surface area contributed by atoms with Gasteiger partial charge in [-0.15, -0.1) is 0 Å². The molecule has 0 fully saturated rings. The molecule has 0 radical (unpaired) electrons. The van der Waals surface area contributed by atoms with Crippen molar-refractivity contribution < 1.29 is 14.3 Å². The van der Waals surface area contributed by atoms with Crippen molar-refractivity contribution in [3.63, 3.8) is 0 Å². The molecule has 1 heterocycles. The average Bonchev–Trinajstić information content (AvgIpc) is 2.77. The van der Waals surface area contributed by atoms with E-state index in [1.165, 1.54) is 13.3 Å². The number of aromatic amines is 1. The van der Waals surface area contributed by atoms with Crippen LogP contribution in [0.5, 0.6) is 11.5 Å². The third-order valence-electron chi connectivity index (χ3n) is 4.22. The Labute approximate surface area is 183 Å². The Morgan fingerprint density at radius 2 is 1.97 bits per heavy atom. The molecule has 10 heteroatoms. The Hall–Kier alpha value is -3.79. The van der Waals surface area contributed by atoms with Gasteiger partial charge in [0.25, 0.3) is 11.5 Å². The van der Waals surface area contributed by atoms with Crippen molar-refractivity contribution in [3.8, 4) is 11.5 Å². The van der Waals surface area contributed by atoms with Crippen molar-refractivity contribution in [2.24, 2.45) is 5.10 Å². The molecule has 0 aliphatic carbocycles. The molecular formula is C21H21N5O4S. The third kappa shape index (κ3) is 5.64. The maximum Gasteiger partial charge on any atom is 0.296 e. The molecule has 0 saturated heterocycles. The molecule has 160 valence electrons. The van der Waals surface area contributed by atoms with Gasteiger partial charge in [0.1, 0.15) is 5.69 Å². The van der Waals surface area contributed by atoms with Gasteiger partial charge in [0.15, 0.2) is 18.1 Å². The molecular weight excluding hydrogens is 418 g/mol. The zero-order valence-electron chi connectivity index (χ0n) is 17.2. The smallest absolute Gasteiger partial charge is 0.296 e. The van der Waals surface area contributed by atoms with Crippen molar-refractivity contribution in [1.29, 1.82) is 0 Å². The van der Waals surface area contributed by atoms with E-state index >= 15 is 0 Å². The fourth-order valence-electron chi connectivity index (χ4n) is 2.56. The summed E-state index contributed by atoms with van der Waals surface area (Å²) in [7, 11) is 1.49. The molecule has 0 saturated carbocycles. The predicted molar refractivity (Wildman–Crippen MR) is 120 cm³/mol. The number of nitrogens with one attached hydrogen (secondary N) is 2. The van der Waals surface area contributed by atoms with Gasteiger partial charge in [-0.1, -0.05) is 17.7 Å². The normalized spacial score (nSPS) is 10.8. The second kappa shape index (κ2) is 9.81. The first-order valence-electron chi connectivity index (χ1n) is 9.27. The lowest BCUT2D eigenvalue weighted by Gasteiger charge is -2.11. The van der Waals surface area contributed by atoms with Gasteiger partial charge in [-0.25, -0.2) is 0 Å². The van der Waals surface area contributed by atoms with Crippen molar-refractivity contribution in [3.05, 3.63) is 74.4 Å². The van der Waals surface area contributed by atoms with E-state index in [2.05, 4.69) is 20.6 Å². The van der Waals surface area contributed by atoms with Crippen LogP contribution in [0.3, 0.4) is 0 Å². The number of aromatic nitrogens is 3. The number of benzene rings is 2. The minimum atomic E-state index is -0.411. The number of hydrogen-bond acceptors (Lipinski definition) is 7. The van der Waals surface area contributed by atoms with Crippen molar-refractivity contribution in [1.82, 2.24) is 14.9 Å². The number of rotatable bonds is 7. The molecule has 0 aliphatic heterocycles. The molecule has 1 amide bonds. The monoisotopic (exact) mass is 439 g/mol. The Morgan fingerprint density at radius 1 is 1.23 bits per heavy atom. The van der Waals surface area contributed by atoms with Gasteiger partial charge in [-0.3, -0.25) is 14.7 Å². The number of carbonyl (C=O) groups is 1. The van der Waals surface area contributed by atoms with Crippen LogP contribution in [0.15, 0.2) is 52.4 Å². The Morgan fingerprint density at radius 3 is 2.68 bits per heavy atom. The van der Waals surface area contributed by atoms with Crippen LogP contribution in [-0.4, -0.2) is 40.7 Å². The summed E-state index contributed by atoms with van der Waals surface area (Å²) in [6.07, 6.45) is 1.46. The number of anilines is 1. The van der Waals surface area contributed by atoms with Crippen molar-refractivity contribution in [2.75, 3.05) is 19.0 Å². The minimum absolute atomic E-state index is 0.0818. The lowest BCUT2D eigenvalue weighted by molar-refractivity contribution is -0.118. The highest BCUT2D eigenvalue weighted by atomic mass is 32.1. The number of nitrogens with zero attached hydrogens (tertiary/aromatic N) is 3. The van der Waals surface area contributed by atoms with E-state index in [4.69, 9.17) is 21.7 Å². The largest absolute Gasteiger partial charge is 0.493 e. The fourth-order valence-corrected chi connectivity index (χ4v) is 2.74. The van der Waals surface area contributed by atoms with Gasteiger partial charge in [-0.05, 0) is 62.0 Å². The minimum Gasteiger partial charge on any atom is -0.493 e. The third-order valence-corrected chi connectivity index (χ3v) is 4.48. The molecule has 3 aromatic rings. The summed E-state index contributed by atoms with van der Waals surface area (Å²) in [6.45, 7) is 3.35. The molecule has 31 heavy (non-hydrogen) atoms. The van der Waals surface area contributed by atoms with Crippen LogP contribution < -0.4 is 20.3 Å². The number of aryl methyl sites for hydroxylation is 2. The van der Waals surface area contributed by atoms with Gasteiger partial charge in [0.05, 0.1) is 13.3 Å². The predicted octanol–water partition coefficient (Wildman–Crippen LogP) is 2.83. The van der Waals surface area contributed by atoms with E-state index in [1.807, 2.05) is 31.2 Å². The number of amides is 1. The topological polar surface area (TPSA) is 111 Å². The summed E-state index contributed by atoms with van der Waals surface area (Å²) in [5, 5.41) is 13.2. The maximum absolute atomic E-state index is 12.1. The van der Waals surface area contributed by atoms with Crippen LogP contribution in [0.4, 0.5) is 5.69 Å². The fraction of sp³-hybridized carbons (Fsp3) is 0.190. The number of carbonyl (C=O) groups excluding carboxylic acids is 1. The highest BCUT2D eigenvalue weighted by Gasteiger charge is 2.09. The first-order valence-corrected chi connectivity index (χ1v) is 9.68. The van der Waals surface area contributed by atoms with E-state index in [0.717, 1.165) is 10.2 Å². The summed E-state index contributed by atoms with van der Waals surface area (Å²) < 4.78 is 12.1. The zero-order chi connectivity index (χ0) is 22.4. The first-order chi connectivity index (χ1) is 14.9. The summed E-state index contributed by atoms with van der Waals surface area (Å²) in [5.74, 6) is 0.515. The van der Waals surface area contributed by atoms with E-state index < -0.39 is 5.56 Å². The Balaban J connectivity index is 1.69. The first kappa shape index (κ1) is 21.9. The highest BCUT2D eigenvalue weighted by molar-refractivity contribution is 7.71. The standard InChI is InChI=1S/C21H21N5O4S/c1-13-4-7-16(8-5-13)23-19(27)12-30-17-9-6-15(10-18(17)29-3)11-22-26-20(28)14(2)24-25-21(26)31/h4-11H,12H2,1-3H3,(H,23,27)(H,25,31)/b22-11-. The molecule has 2 aromatic carbocycles. The highest BCUT2D eigenvalue weighted by Crippen LogP contribution is 2.27. The van der Waals surface area contributed by atoms with E-state index in [-0.39, 0.29) is 23.0 Å². The summed E-state index contributed by atoms with van der Waals surface area (Å²) >= 11 is 5.04. The van der Waals surface area contributed by atoms with E-state index in [0.29, 0.717) is 22.7 Å². The lowest BCUT2D eigenvalue weighted by Crippen LogP contribution is -2.22. The molecule has 3 rings (SSSR count). The average molecular weight is 439 g/mol. The SMILES string of the molecule is COc1cc(/C=N\n2c(=S)[nH]nc(C)c2=O)ccc1OCC(=O)Nc1ccc(C)cc1. The van der Waals surface area contributed by atoms with Crippen molar-refractivity contribution in [2.45, 2.75) is 13.8 Å². The number of hydrogen-bond donors (Lipinski definition) is 2. The molecule has 1 aromatic heterocycles. The molecule has 0 bridgehead atoms. The molecule has 0 atom stereocenters. The molecule has 2 N–H and O–H groups in total. The second-order valence-corrected chi connectivity index (χ2v) is 6.98. The number of ether oxygens (including phenoxy) is 2.